The number of rotatable bonds is 6. The second-order valence-corrected chi connectivity index (χ2v) is 4.17. The Kier molecular flexibility index (Phi) is 5.97. The van der Waals surface area contributed by atoms with Gasteiger partial charge in [-0.3, -0.25) is 4.18 Å². The number of hydrogen-bond acceptors (Lipinski definition) is 2. The van der Waals surface area contributed by atoms with Crippen molar-refractivity contribution in [3.8, 4) is 0 Å². The molecule has 82 valence electrons. The first-order valence-electron chi connectivity index (χ1n) is 5.03. The summed E-state index contributed by atoms with van der Waals surface area (Å²) in [7, 11) is 0. The van der Waals surface area contributed by atoms with Crippen molar-refractivity contribution in [2.45, 2.75) is 19.8 Å². The average Bonchev–Trinajstić information content (AvgIpc) is 2.26. The molecule has 0 saturated carbocycles. The number of hydrogen-bond donors (Lipinski definition) is 0. The lowest BCUT2D eigenvalue weighted by molar-refractivity contribution is 0.344. The minimum atomic E-state index is -1.26. The molecule has 0 heterocycles. The van der Waals surface area contributed by atoms with E-state index in [2.05, 4.69) is 12.1 Å². The molecule has 0 fully saturated rings. The van der Waals surface area contributed by atoms with Crippen LogP contribution in [-0.4, -0.2) is 10.8 Å². The number of aryl methyl sites for hydroxylation is 1. The van der Waals surface area contributed by atoms with Crippen LogP contribution in [0.3, 0.4) is 0 Å². The summed E-state index contributed by atoms with van der Waals surface area (Å²) in [6.07, 6.45) is 3.59. The standard InChI is InChI=1S/C12H16O2S/c1-2-11-15(13)14-10-6-9-12-7-4-3-5-8-12/h2-5,7-8,11H,6,9-10H2,1H3/b11-2+. The van der Waals surface area contributed by atoms with Gasteiger partial charge < -0.3 is 0 Å². The maximum atomic E-state index is 11.1. The maximum absolute atomic E-state index is 11.1. The lowest BCUT2D eigenvalue weighted by Gasteiger charge is -2.00. The van der Waals surface area contributed by atoms with Crippen molar-refractivity contribution in [1.29, 1.82) is 0 Å². The van der Waals surface area contributed by atoms with E-state index in [0.717, 1.165) is 12.8 Å². The van der Waals surface area contributed by atoms with Crippen LogP contribution in [0.1, 0.15) is 18.9 Å². The summed E-state index contributed by atoms with van der Waals surface area (Å²) in [4.78, 5) is 0. The van der Waals surface area contributed by atoms with Gasteiger partial charge in [0.15, 0.2) is 11.1 Å². The van der Waals surface area contributed by atoms with E-state index >= 15 is 0 Å². The highest BCUT2D eigenvalue weighted by Crippen LogP contribution is 2.02. The molecule has 15 heavy (non-hydrogen) atoms. The maximum Gasteiger partial charge on any atom is 0.181 e. The largest absolute Gasteiger partial charge is 0.287 e. The van der Waals surface area contributed by atoms with Crippen molar-refractivity contribution in [1.82, 2.24) is 0 Å². The van der Waals surface area contributed by atoms with Gasteiger partial charge in [-0.1, -0.05) is 36.4 Å². The molecule has 0 spiro atoms. The van der Waals surface area contributed by atoms with Crippen molar-refractivity contribution in [3.05, 3.63) is 47.4 Å². The molecule has 1 atom stereocenters. The molecule has 0 radical (unpaired) electrons. The zero-order valence-electron chi connectivity index (χ0n) is 8.89. The van der Waals surface area contributed by atoms with Crippen LogP contribution in [0.15, 0.2) is 41.8 Å². The summed E-state index contributed by atoms with van der Waals surface area (Å²) in [6, 6.07) is 10.2. The molecule has 0 saturated heterocycles. The van der Waals surface area contributed by atoms with Gasteiger partial charge in [0, 0.05) is 5.41 Å². The smallest absolute Gasteiger partial charge is 0.181 e. The fourth-order valence-corrected chi connectivity index (χ4v) is 1.80. The first-order chi connectivity index (χ1) is 7.33. The van der Waals surface area contributed by atoms with E-state index in [1.54, 1.807) is 11.5 Å². The third-order valence-corrected chi connectivity index (χ3v) is 2.79. The first-order valence-corrected chi connectivity index (χ1v) is 6.17. The highest BCUT2D eigenvalue weighted by molar-refractivity contribution is 7.83. The van der Waals surface area contributed by atoms with Gasteiger partial charge in [0.05, 0.1) is 6.61 Å². The first kappa shape index (κ1) is 12.1. The third-order valence-electron chi connectivity index (χ3n) is 1.90. The van der Waals surface area contributed by atoms with Gasteiger partial charge in [-0.15, -0.1) is 0 Å². The van der Waals surface area contributed by atoms with Crippen LogP contribution in [0.25, 0.3) is 0 Å². The lowest BCUT2D eigenvalue weighted by Crippen LogP contribution is -1.98. The van der Waals surface area contributed by atoms with Gasteiger partial charge in [-0.2, -0.15) is 0 Å². The van der Waals surface area contributed by atoms with Crippen molar-refractivity contribution in [3.63, 3.8) is 0 Å². The molecule has 1 aromatic carbocycles. The van der Waals surface area contributed by atoms with Crippen molar-refractivity contribution >= 4 is 11.1 Å². The Bertz CT molecular complexity index is 320. The Labute approximate surface area is 93.6 Å². The van der Waals surface area contributed by atoms with E-state index in [4.69, 9.17) is 4.18 Å². The molecule has 0 aliphatic carbocycles. The van der Waals surface area contributed by atoms with E-state index in [1.807, 2.05) is 25.1 Å². The van der Waals surface area contributed by atoms with Crippen LogP contribution in [0.4, 0.5) is 0 Å². The van der Waals surface area contributed by atoms with Crippen LogP contribution in [-0.2, 0) is 21.7 Å². The van der Waals surface area contributed by atoms with Crippen LogP contribution in [0, 0.1) is 0 Å². The van der Waals surface area contributed by atoms with Crippen LogP contribution in [0.2, 0.25) is 0 Å². The minimum absolute atomic E-state index is 0.534. The summed E-state index contributed by atoms with van der Waals surface area (Å²) >= 11 is -1.26. The molecule has 0 aliphatic rings. The monoisotopic (exact) mass is 224 g/mol. The summed E-state index contributed by atoms with van der Waals surface area (Å²) < 4.78 is 16.1. The summed E-state index contributed by atoms with van der Waals surface area (Å²) in [5.74, 6) is 0. The molecule has 0 aliphatic heterocycles. The lowest BCUT2D eigenvalue weighted by atomic mass is 10.1. The normalized spacial score (nSPS) is 13.1. The Morgan fingerprint density at radius 3 is 2.73 bits per heavy atom. The molecule has 0 amide bonds. The fraction of sp³-hybridized carbons (Fsp3) is 0.333. The second-order valence-electron chi connectivity index (χ2n) is 3.14. The average molecular weight is 224 g/mol. The Morgan fingerprint density at radius 1 is 1.33 bits per heavy atom. The Balaban J connectivity index is 2.15. The van der Waals surface area contributed by atoms with Crippen molar-refractivity contribution < 1.29 is 8.39 Å². The molecule has 3 heteroatoms. The molecule has 0 aromatic heterocycles. The topological polar surface area (TPSA) is 26.3 Å². The zero-order chi connectivity index (χ0) is 10.9. The Morgan fingerprint density at radius 2 is 2.07 bits per heavy atom. The number of benzene rings is 1. The highest BCUT2D eigenvalue weighted by atomic mass is 32.2. The molecule has 1 aromatic rings. The van der Waals surface area contributed by atoms with E-state index in [1.165, 1.54) is 5.56 Å². The van der Waals surface area contributed by atoms with Gasteiger partial charge in [-0.25, -0.2) is 4.21 Å². The molecular formula is C12H16O2S. The zero-order valence-corrected chi connectivity index (χ0v) is 9.70. The molecule has 2 nitrogen and oxygen atoms in total. The van der Waals surface area contributed by atoms with Gasteiger partial charge in [0.1, 0.15) is 0 Å². The second kappa shape index (κ2) is 7.37. The third kappa shape index (κ3) is 5.50. The van der Waals surface area contributed by atoms with E-state index in [0.29, 0.717) is 6.61 Å². The van der Waals surface area contributed by atoms with Crippen LogP contribution >= 0.6 is 0 Å². The van der Waals surface area contributed by atoms with Crippen LogP contribution < -0.4 is 0 Å². The number of allylic oxidation sites excluding steroid dienone is 1. The summed E-state index contributed by atoms with van der Waals surface area (Å²) in [5.41, 5.74) is 1.29. The Hall–Kier alpha value is -0.930. The summed E-state index contributed by atoms with van der Waals surface area (Å²) in [6.45, 7) is 2.36. The van der Waals surface area contributed by atoms with Gasteiger partial charge >= 0.3 is 0 Å². The van der Waals surface area contributed by atoms with Gasteiger partial charge in [0.2, 0.25) is 0 Å². The highest BCUT2D eigenvalue weighted by Gasteiger charge is 1.95. The van der Waals surface area contributed by atoms with Gasteiger partial charge in [0.25, 0.3) is 0 Å². The molecule has 0 bridgehead atoms. The van der Waals surface area contributed by atoms with E-state index < -0.39 is 11.1 Å². The fourth-order valence-electron chi connectivity index (χ4n) is 1.21. The molecule has 1 rings (SSSR count). The molecule has 0 N–H and O–H groups in total. The molecule has 1 unspecified atom stereocenters. The van der Waals surface area contributed by atoms with Crippen molar-refractivity contribution in [2.75, 3.05) is 6.61 Å². The van der Waals surface area contributed by atoms with E-state index in [9.17, 15) is 4.21 Å². The molecular weight excluding hydrogens is 208 g/mol. The van der Waals surface area contributed by atoms with Crippen molar-refractivity contribution in [2.24, 2.45) is 0 Å². The SMILES string of the molecule is C/C=C/S(=O)OCCCc1ccccc1. The van der Waals surface area contributed by atoms with E-state index in [-0.39, 0.29) is 0 Å². The predicted octanol–water partition coefficient (Wildman–Crippen LogP) is 2.83. The predicted molar refractivity (Wildman–Crippen MR) is 63.7 cm³/mol. The van der Waals surface area contributed by atoms with Crippen LogP contribution in [0.5, 0.6) is 0 Å². The quantitative estimate of drug-likeness (QED) is 0.694. The van der Waals surface area contributed by atoms with Gasteiger partial charge in [-0.05, 0) is 25.3 Å². The minimum Gasteiger partial charge on any atom is -0.287 e. The summed E-state index contributed by atoms with van der Waals surface area (Å²) in [5, 5.41) is 1.54.